The minimum Gasteiger partial charge on any atom is -0.383 e. The molecule has 3 rings (SSSR count). The maximum Gasteiger partial charge on any atom is 0.262 e. The molecule has 152 valence electrons. The Morgan fingerprint density at radius 2 is 2.10 bits per heavy atom. The van der Waals surface area contributed by atoms with Crippen molar-refractivity contribution in [3.8, 4) is 0 Å². The Balaban J connectivity index is 1.85. The van der Waals surface area contributed by atoms with Crippen molar-refractivity contribution >= 4 is 50.2 Å². The summed E-state index contributed by atoms with van der Waals surface area (Å²) in [6.07, 6.45) is 0. The number of hydrogen-bond donors (Lipinski definition) is 1. The van der Waals surface area contributed by atoms with E-state index in [-0.39, 0.29) is 23.0 Å². The molecule has 9 heteroatoms. The number of halogens is 2. The second-order valence-corrected chi connectivity index (χ2v) is 8.21. The normalized spacial score (nSPS) is 12.1. The van der Waals surface area contributed by atoms with Crippen LogP contribution >= 0.6 is 27.7 Å². The van der Waals surface area contributed by atoms with Gasteiger partial charge in [0, 0.05) is 11.6 Å². The standard InChI is InChI=1S/C20H19BrFN3O3S/c1-12(10-28-2)25-19(27)14-5-3-4-6-16(14)24-20(25)29-11-18(26)23-17-8-7-13(21)9-15(17)22/h3-9,12H,10-11H2,1-2H3,(H,23,26)/t12-/m1/s1. The molecule has 0 aliphatic rings. The average molecular weight is 480 g/mol. The first kappa shape index (κ1) is 21.5. The van der Waals surface area contributed by atoms with E-state index < -0.39 is 11.7 Å². The van der Waals surface area contributed by atoms with Crippen molar-refractivity contribution < 1.29 is 13.9 Å². The van der Waals surface area contributed by atoms with Crippen LogP contribution in [0.2, 0.25) is 0 Å². The van der Waals surface area contributed by atoms with E-state index >= 15 is 0 Å². The molecule has 1 amide bonds. The third-order valence-electron chi connectivity index (χ3n) is 4.16. The van der Waals surface area contributed by atoms with Crippen LogP contribution in [-0.4, -0.2) is 34.9 Å². The molecule has 29 heavy (non-hydrogen) atoms. The summed E-state index contributed by atoms with van der Waals surface area (Å²) in [5.41, 5.74) is 0.456. The summed E-state index contributed by atoms with van der Waals surface area (Å²) in [7, 11) is 1.56. The summed E-state index contributed by atoms with van der Waals surface area (Å²) in [6, 6.07) is 11.2. The molecule has 1 N–H and O–H groups in total. The van der Waals surface area contributed by atoms with Crippen LogP contribution in [0.1, 0.15) is 13.0 Å². The van der Waals surface area contributed by atoms with Crippen molar-refractivity contribution in [1.82, 2.24) is 9.55 Å². The van der Waals surface area contributed by atoms with E-state index in [1.165, 1.54) is 16.7 Å². The first-order valence-electron chi connectivity index (χ1n) is 8.78. The van der Waals surface area contributed by atoms with Crippen molar-refractivity contribution in [3.63, 3.8) is 0 Å². The van der Waals surface area contributed by atoms with E-state index in [1.54, 1.807) is 37.4 Å². The molecule has 0 spiro atoms. The molecule has 1 aromatic heterocycles. The largest absolute Gasteiger partial charge is 0.383 e. The van der Waals surface area contributed by atoms with E-state index in [9.17, 15) is 14.0 Å². The molecule has 0 aliphatic heterocycles. The van der Waals surface area contributed by atoms with Crippen molar-refractivity contribution in [2.45, 2.75) is 18.1 Å². The smallest absolute Gasteiger partial charge is 0.262 e. The Kier molecular flexibility index (Phi) is 7.05. The third-order valence-corrected chi connectivity index (χ3v) is 5.61. The van der Waals surface area contributed by atoms with Crippen LogP contribution in [0.5, 0.6) is 0 Å². The Hall–Kier alpha value is -2.23. The number of hydrogen-bond acceptors (Lipinski definition) is 5. The Labute approximate surface area is 179 Å². The van der Waals surface area contributed by atoms with Gasteiger partial charge in [-0.15, -0.1) is 0 Å². The molecule has 0 bridgehead atoms. The van der Waals surface area contributed by atoms with E-state index in [0.717, 1.165) is 11.8 Å². The van der Waals surface area contributed by atoms with Gasteiger partial charge in [-0.3, -0.25) is 14.2 Å². The van der Waals surface area contributed by atoms with Gasteiger partial charge in [-0.2, -0.15) is 0 Å². The molecule has 0 unspecified atom stereocenters. The van der Waals surface area contributed by atoms with Gasteiger partial charge in [0.2, 0.25) is 5.91 Å². The Morgan fingerprint density at radius 1 is 1.34 bits per heavy atom. The zero-order valence-corrected chi connectivity index (χ0v) is 18.2. The minimum absolute atomic E-state index is 0.0278. The predicted molar refractivity (Wildman–Crippen MR) is 116 cm³/mol. The molecular weight excluding hydrogens is 461 g/mol. The van der Waals surface area contributed by atoms with Gasteiger partial charge < -0.3 is 10.1 Å². The summed E-state index contributed by atoms with van der Waals surface area (Å²) < 4.78 is 21.2. The number of thioether (sulfide) groups is 1. The summed E-state index contributed by atoms with van der Waals surface area (Å²) in [5.74, 6) is -0.961. The van der Waals surface area contributed by atoms with Crippen LogP contribution in [0.3, 0.4) is 0 Å². The Bertz CT molecular complexity index is 1110. The molecule has 0 radical (unpaired) electrons. The maximum absolute atomic E-state index is 13.9. The SMILES string of the molecule is COC[C@@H](C)n1c(SCC(=O)Nc2ccc(Br)cc2F)nc2ccccc2c1=O. The number of methoxy groups -OCH3 is 1. The molecule has 0 saturated carbocycles. The monoisotopic (exact) mass is 479 g/mol. The molecule has 6 nitrogen and oxygen atoms in total. The highest BCUT2D eigenvalue weighted by molar-refractivity contribution is 9.10. The molecule has 1 atom stereocenters. The lowest BCUT2D eigenvalue weighted by Crippen LogP contribution is -2.29. The number of para-hydroxylation sites is 1. The fraction of sp³-hybridized carbons (Fsp3) is 0.250. The van der Waals surface area contributed by atoms with Crippen LogP contribution in [0.15, 0.2) is 56.9 Å². The van der Waals surface area contributed by atoms with E-state index in [0.29, 0.717) is 27.1 Å². The van der Waals surface area contributed by atoms with Gasteiger partial charge in [0.1, 0.15) is 5.82 Å². The van der Waals surface area contributed by atoms with Crippen molar-refractivity contribution in [3.05, 3.63) is 63.1 Å². The number of carbonyl (C=O) groups excluding carboxylic acids is 1. The molecule has 0 fully saturated rings. The first-order chi connectivity index (χ1) is 13.9. The number of fused-ring (bicyclic) bond motifs is 1. The van der Waals surface area contributed by atoms with Crippen LogP contribution < -0.4 is 10.9 Å². The lowest BCUT2D eigenvalue weighted by molar-refractivity contribution is -0.113. The van der Waals surface area contributed by atoms with Gasteiger partial charge in [-0.05, 0) is 37.3 Å². The third kappa shape index (κ3) is 5.04. The molecular formula is C20H19BrFN3O3S. The number of aromatic nitrogens is 2. The topological polar surface area (TPSA) is 73.2 Å². The molecule has 2 aromatic carbocycles. The number of ether oxygens (including phenoxy) is 1. The number of benzene rings is 2. The van der Waals surface area contributed by atoms with Gasteiger partial charge in [0.15, 0.2) is 5.16 Å². The van der Waals surface area contributed by atoms with Crippen LogP contribution in [0.4, 0.5) is 10.1 Å². The highest BCUT2D eigenvalue weighted by Gasteiger charge is 2.18. The fourth-order valence-corrected chi connectivity index (χ4v) is 4.07. The minimum atomic E-state index is -0.535. The molecule has 0 aliphatic carbocycles. The summed E-state index contributed by atoms with van der Waals surface area (Å²) in [6.45, 7) is 2.17. The quantitative estimate of drug-likeness (QED) is 0.405. The lowest BCUT2D eigenvalue weighted by Gasteiger charge is -2.18. The first-order valence-corrected chi connectivity index (χ1v) is 10.6. The predicted octanol–water partition coefficient (Wildman–Crippen LogP) is 4.24. The van der Waals surface area contributed by atoms with Gasteiger partial charge >= 0.3 is 0 Å². The number of carbonyl (C=O) groups is 1. The van der Waals surface area contributed by atoms with Crippen LogP contribution in [0.25, 0.3) is 10.9 Å². The van der Waals surface area contributed by atoms with E-state index in [1.807, 2.05) is 6.92 Å². The highest BCUT2D eigenvalue weighted by Crippen LogP contribution is 2.23. The van der Waals surface area contributed by atoms with Gasteiger partial charge in [-0.1, -0.05) is 39.8 Å². The van der Waals surface area contributed by atoms with Gasteiger partial charge in [-0.25, -0.2) is 9.37 Å². The molecule has 0 saturated heterocycles. The van der Waals surface area contributed by atoms with Gasteiger partial charge in [0.25, 0.3) is 5.56 Å². The van der Waals surface area contributed by atoms with Crippen LogP contribution in [0, 0.1) is 5.82 Å². The van der Waals surface area contributed by atoms with Crippen molar-refractivity contribution in [2.24, 2.45) is 0 Å². The number of nitrogens with one attached hydrogen (secondary N) is 1. The van der Waals surface area contributed by atoms with Crippen molar-refractivity contribution in [1.29, 1.82) is 0 Å². The fourth-order valence-electron chi connectivity index (χ4n) is 2.84. The number of amides is 1. The number of rotatable bonds is 7. The second kappa shape index (κ2) is 9.51. The van der Waals surface area contributed by atoms with E-state index in [4.69, 9.17) is 4.74 Å². The molecule has 3 aromatic rings. The van der Waals surface area contributed by atoms with Crippen LogP contribution in [-0.2, 0) is 9.53 Å². The highest BCUT2D eigenvalue weighted by atomic mass is 79.9. The summed E-state index contributed by atoms with van der Waals surface area (Å²) in [4.78, 5) is 29.9. The maximum atomic E-state index is 13.9. The number of nitrogens with zero attached hydrogens (tertiary/aromatic N) is 2. The number of anilines is 1. The zero-order valence-electron chi connectivity index (χ0n) is 15.8. The summed E-state index contributed by atoms with van der Waals surface area (Å²) in [5, 5.41) is 3.45. The van der Waals surface area contributed by atoms with E-state index in [2.05, 4.69) is 26.2 Å². The molecule has 1 heterocycles. The zero-order chi connectivity index (χ0) is 21.0. The summed E-state index contributed by atoms with van der Waals surface area (Å²) >= 11 is 4.30. The Morgan fingerprint density at radius 3 is 2.83 bits per heavy atom. The average Bonchev–Trinajstić information content (AvgIpc) is 2.69. The van der Waals surface area contributed by atoms with Gasteiger partial charge in [0.05, 0.1) is 35.0 Å². The second-order valence-electron chi connectivity index (χ2n) is 6.35. The van der Waals surface area contributed by atoms with Crippen molar-refractivity contribution in [2.75, 3.05) is 24.8 Å². The lowest BCUT2D eigenvalue weighted by atomic mass is 10.2.